The summed E-state index contributed by atoms with van der Waals surface area (Å²) in [5.74, 6) is -1.19. The molecule has 1 aliphatic rings. The molecule has 1 unspecified atom stereocenters. The van der Waals surface area contributed by atoms with E-state index < -0.39 is 22.0 Å². The van der Waals surface area contributed by atoms with Crippen LogP contribution in [0.1, 0.15) is 36.0 Å². The molecule has 6 heteroatoms. The fourth-order valence-corrected chi connectivity index (χ4v) is 4.80. The summed E-state index contributed by atoms with van der Waals surface area (Å²) in [6.07, 6.45) is 1.86. The van der Waals surface area contributed by atoms with Crippen LogP contribution in [0.2, 0.25) is 0 Å². The van der Waals surface area contributed by atoms with Crippen LogP contribution in [0.25, 0.3) is 0 Å². The monoisotopic (exact) mass is 311 g/mol. The van der Waals surface area contributed by atoms with E-state index in [1.165, 1.54) is 4.31 Å². The number of hydrogen-bond donors (Lipinski definition) is 1. The molecule has 116 valence electrons. The standard InChI is InChI=1S/C15H21NO4S/c1-11-6-5-7-12(2)13(11)10-21(19,20)16-9-4-3-8-14(16)15(17)18/h5-7,14H,3-4,8-10H2,1-2H3,(H,17,18). The van der Waals surface area contributed by atoms with Crippen LogP contribution in [0, 0.1) is 13.8 Å². The molecule has 2 rings (SSSR count). The molecule has 1 aromatic carbocycles. The molecule has 1 atom stereocenters. The van der Waals surface area contributed by atoms with Gasteiger partial charge < -0.3 is 5.11 Å². The van der Waals surface area contributed by atoms with Gasteiger partial charge in [-0.2, -0.15) is 4.31 Å². The van der Waals surface area contributed by atoms with Gasteiger partial charge in [-0.3, -0.25) is 4.79 Å². The Balaban J connectivity index is 2.31. The SMILES string of the molecule is Cc1cccc(C)c1CS(=O)(=O)N1CCCCC1C(=O)O. The summed E-state index contributed by atoms with van der Waals surface area (Å²) < 4.78 is 26.4. The van der Waals surface area contributed by atoms with E-state index >= 15 is 0 Å². The van der Waals surface area contributed by atoms with E-state index in [0.29, 0.717) is 13.0 Å². The van der Waals surface area contributed by atoms with E-state index in [0.717, 1.165) is 29.5 Å². The fraction of sp³-hybridized carbons (Fsp3) is 0.533. The van der Waals surface area contributed by atoms with Gasteiger partial charge in [0.15, 0.2) is 0 Å². The van der Waals surface area contributed by atoms with Crippen LogP contribution >= 0.6 is 0 Å². The van der Waals surface area contributed by atoms with Crippen LogP contribution in [0.3, 0.4) is 0 Å². The first-order valence-electron chi connectivity index (χ1n) is 7.10. The van der Waals surface area contributed by atoms with Crippen molar-refractivity contribution in [1.82, 2.24) is 4.31 Å². The number of sulfonamides is 1. The number of aryl methyl sites for hydroxylation is 2. The highest BCUT2D eigenvalue weighted by Crippen LogP contribution is 2.25. The molecule has 0 saturated carbocycles. The lowest BCUT2D eigenvalue weighted by molar-refractivity contribution is -0.142. The predicted octanol–water partition coefficient (Wildman–Crippen LogP) is 2.07. The zero-order valence-electron chi connectivity index (χ0n) is 12.4. The van der Waals surface area contributed by atoms with Crippen molar-refractivity contribution in [3.05, 3.63) is 34.9 Å². The lowest BCUT2D eigenvalue weighted by Crippen LogP contribution is -2.48. The van der Waals surface area contributed by atoms with Gasteiger partial charge in [-0.05, 0) is 49.8 Å². The Morgan fingerprint density at radius 1 is 1.29 bits per heavy atom. The Labute approximate surface area is 125 Å². The molecule has 1 heterocycles. The number of hydrogen-bond acceptors (Lipinski definition) is 3. The topological polar surface area (TPSA) is 74.7 Å². The third-order valence-corrected chi connectivity index (χ3v) is 5.87. The normalized spacial score (nSPS) is 20.4. The average molecular weight is 311 g/mol. The largest absolute Gasteiger partial charge is 0.480 e. The lowest BCUT2D eigenvalue weighted by Gasteiger charge is -2.32. The highest BCUT2D eigenvalue weighted by Gasteiger charge is 2.36. The van der Waals surface area contributed by atoms with Crippen molar-refractivity contribution in [3.8, 4) is 0 Å². The number of aliphatic carboxylic acids is 1. The summed E-state index contributed by atoms with van der Waals surface area (Å²) in [5, 5.41) is 9.24. The Bertz CT molecular complexity index is 619. The minimum atomic E-state index is -3.62. The van der Waals surface area contributed by atoms with E-state index in [2.05, 4.69) is 0 Å². The van der Waals surface area contributed by atoms with E-state index in [-0.39, 0.29) is 5.75 Å². The van der Waals surface area contributed by atoms with Gasteiger partial charge in [-0.15, -0.1) is 0 Å². The van der Waals surface area contributed by atoms with Crippen molar-refractivity contribution in [1.29, 1.82) is 0 Å². The maximum atomic E-state index is 12.6. The molecule has 0 radical (unpaired) electrons. The molecule has 0 amide bonds. The quantitative estimate of drug-likeness (QED) is 0.923. The number of nitrogens with zero attached hydrogens (tertiary/aromatic N) is 1. The average Bonchev–Trinajstić information content (AvgIpc) is 2.43. The zero-order valence-corrected chi connectivity index (χ0v) is 13.2. The molecule has 1 saturated heterocycles. The van der Waals surface area contributed by atoms with Crippen LogP contribution in [-0.4, -0.2) is 36.4 Å². The van der Waals surface area contributed by atoms with Crippen molar-refractivity contribution in [2.45, 2.75) is 44.9 Å². The van der Waals surface area contributed by atoms with Gasteiger partial charge in [0.25, 0.3) is 0 Å². The number of benzene rings is 1. The summed E-state index contributed by atoms with van der Waals surface area (Å²) in [6, 6.07) is 4.72. The number of carbonyl (C=O) groups is 1. The summed E-state index contributed by atoms with van der Waals surface area (Å²) >= 11 is 0. The molecule has 1 N–H and O–H groups in total. The summed E-state index contributed by atoms with van der Waals surface area (Å²) in [7, 11) is -3.62. The van der Waals surface area contributed by atoms with Gasteiger partial charge in [0.2, 0.25) is 10.0 Å². The molecule has 1 aliphatic heterocycles. The second kappa shape index (κ2) is 6.15. The third kappa shape index (κ3) is 3.44. The molecule has 5 nitrogen and oxygen atoms in total. The maximum absolute atomic E-state index is 12.6. The van der Waals surface area contributed by atoms with Crippen LogP contribution in [-0.2, 0) is 20.6 Å². The first kappa shape index (κ1) is 16.0. The van der Waals surface area contributed by atoms with Crippen molar-refractivity contribution in [3.63, 3.8) is 0 Å². The van der Waals surface area contributed by atoms with E-state index in [1.807, 2.05) is 32.0 Å². The van der Waals surface area contributed by atoms with Crippen LogP contribution in [0.4, 0.5) is 0 Å². The van der Waals surface area contributed by atoms with Crippen molar-refractivity contribution >= 4 is 16.0 Å². The predicted molar refractivity (Wildman–Crippen MR) is 80.5 cm³/mol. The van der Waals surface area contributed by atoms with Crippen LogP contribution < -0.4 is 0 Å². The smallest absolute Gasteiger partial charge is 0.322 e. The van der Waals surface area contributed by atoms with Gasteiger partial charge in [0.05, 0.1) is 5.75 Å². The van der Waals surface area contributed by atoms with Gasteiger partial charge in [-0.25, -0.2) is 8.42 Å². The Morgan fingerprint density at radius 3 is 2.48 bits per heavy atom. The van der Waals surface area contributed by atoms with Gasteiger partial charge in [0.1, 0.15) is 6.04 Å². The number of carboxylic acid groups (broad SMARTS) is 1. The molecule has 0 aliphatic carbocycles. The zero-order chi connectivity index (χ0) is 15.6. The van der Waals surface area contributed by atoms with Crippen LogP contribution in [0.15, 0.2) is 18.2 Å². The highest BCUT2D eigenvalue weighted by atomic mass is 32.2. The molecule has 0 aromatic heterocycles. The number of rotatable bonds is 4. The first-order chi connectivity index (χ1) is 9.83. The molecule has 1 fully saturated rings. The van der Waals surface area contributed by atoms with Crippen molar-refractivity contribution in [2.75, 3.05) is 6.54 Å². The van der Waals surface area contributed by atoms with Gasteiger partial charge in [-0.1, -0.05) is 18.2 Å². The first-order valence-corrected chi connectivity index (χ1v) is 8.71. The lowest BCUT2D eigenvalue weighted by atomic mass is 10.1. The number of piperidine rings is 1. The molecule has 0 spiro atoms. The second-order valence-corrected chi connectivity index (χ2v) is 7.51. The molecule has 0 bridgehead atoms. The second-order valence-electron chi connectivity index (χ2n) is 5.59. The van der Waals surface area contributed by atoms with Crippen LogP contribution in [0.5, 0.6) is 0 Å². The summed E-state index contributed by atoms with van der Waals surface area (Å²) in [6.45, 7) is 4.05. The third-order valence-electron chi connectivity index (χ3n) is 4.07. The van der Waals surface area contributed by atoms with E-state index in [9.17, 15) is 18.3 Å². The van der Waals surface area contributed by atoms with Gasteiger partial charge >= 0.3 is 5.97 Å². The van der Waals surface area contributed by atoms with Crippen molar-refractivity contribution in [2.24, 2.45) is 0 Å². The Kier molecular flexibility index (Phi) is 4.68. The Hall–Kier alpha value is -1.40. The minimum Gasteiger partial charge on any atom is -0.480 e. The molecular weight excluding hydrogens is 290 g/mol. The molecular formula is C15H21NO4S. The fourth-order valence-electron chi connectivity index (χ4n) is 2.83. The summed E-state index contributed by atoms with van der Waals surface area (Å²) in [5.41, 5.74) is 2.61. The van der Waals surface area contributed by atoms with Gasteiger partial charge in [0, 0.05) is 6.54 Å². The summed E-state index contributed by atoms with van der Waals surface area (Å²) in [4.78, 5) is 11.3. The molecule has 21 heavy (non-hydrogen) atoms. The number of carboxylic acids is 1. The highest BCUT2D eigenvalue weighted by molar-refractivity contribution is 7.88. The minimum absolute atomic E-state index is 0.130. The van der Waals surface area contributed by atoms with E-state index in [4.69, 9.17) is 0 Å². The maximum Gasteiger partial charge on any atom is 0.322 e. The van der Waals surface area contributed by atoms with E-state index in [1.54, 1.807) is 0 Å². The Morgan fingerprint density at radius 2 is 1.90 bits per heavy atom. The molecule has 1 aromatic rings. The van der Waals surface area contributed by atoms with Crippen molar-refractivity contribution < 1.29 is 18.3 Å².